The molecule has 1 rings (SSSR count). The lowest BCUT2D eigenvalue weighted by Gasteiger charge is -2.18. The maximum Gasteiger partial charge on any atom is 0.323 e. The van der Waals surface area contributed by atoms with Crippen molar-refractivity contribution in [3.63, 3.8) is 0 Å². The molecule has 0 aliphatic carbocycles. The molecule has 0 unspecified atom stereocenters. The molecule has 0 saturated carbocycles. The van der Waals surface area contributed by atoms with Crippen LogP contribution in [0.4, 0.5) is 5.95 Å². The average molecular weight is 237 g/mol. The van der Waals surface area contributed by atoms with Crippen molar-refractivity contribution in [1.82, 2.24) is 9.97 Å². The molecule has 1 N–H and O–H groups in total. The van der Waals surface area contributed by atoms with Crippen LogP contribution in [0.1, 0.15) is 6.92 Å². The Morgan fingerprint density at radius 1 is 1.71 bits per heavy atom. The Kier molecular flexibility index (Phi) is 4.93. The molecule has 0 saturated heterocycles. The molecule has 0 aliphatic rings. The van der Waals surface area contributed by atoms with Crippen LogP contribution in [0.2, 0.25) is 0 Å². The van der Waals surface area contributed by atoms with Crippen LogP contribution in [0.5, 0.6) is 5.88 Å². The molecule has 1 aromatic rings. The summed E-state index contributed by atoms with van der Waals surface area (Å²) in [5.74, 6) is -0.201. The van der Waals surface area contributed by atoms with Crippen LogP contribution in [-0.2, 0) is 4.79 Å². The maximum absolute atomic E-state index is 10.7. The molecule has 0 bridgehead atoms. The topological polar surface area (TPSA) is 75.6 Å². The molecular weight excluding hydrogens is 222 g/mol. The molecule has 6 heteroatoms. The van der Waals surface area contributed by atoms with E-state index in [0.29, 0.717) is 25.0 Å². The van der Waals surface area contributed by atoms with E-state index < -0.39 is 5.97 Å². The molecule has 0 radical (unpaired) electrons. The van der Waals surface area contributed by atoms with Gasteiger partial charge in [-0.05, 0) is 6.92 Å². The normalized spacial score (nSPS) is 9.71. The molecule has 17 heavy (non-hydrogen) atoms. The smallest absolute Gasteiger partial charge is 0.323 e. The van der Waals surface area contributed by atoms with Crippen molar-refractivity contribution in [2.75, 3.05) is 24.6 Å². The first kappa shape index (κ1) is 13.0. The fourth-order valence-corrected chi connectivity index (χ4v) is 1.25. The van der Waals surface area contributed by atoms with E-state index in [1.54, 1.807) is 12.1 Å². The molecule has 92 valence electrons. The summed E-state index contributed by atoms with van der Waals surface area (Å²) in [5, 5.41) is 8.78. The number of rotatable bonds is 7. The van der Waals surface area contributed by atoms with Crippen LogP contribution in [-0.4, -0.2) is 40.7 Å². The summed E-state index contributed by atoms with van der Waals surface area (Å²) in [7, 11) is 0. The van der Waals surface area contributed by atoms with Gasteiger partial charge in [0.05, 0.1) is 6.61 Å². The van der Waals surface area contributed by atoms with Gasteiger partial charge in [0.1, 0.15) is 6.54 Å². The van der Waals surface area contributed by atoms with E-state index in [9.17, 15) is 4.79 Å². The molecule has 1 aromatic heterocycles. The van der Waals surface area contributed by atoms with E-state index in [0.717, 1.165) is 0 Å². The third-order valence-corrected chi connectivity index (χ3v) is 1.87. The summed E-state index contributed by atoms with van der Waals surface area (Å²) in [6.45, 7) is 6.10. The second kappa shape index (κ2) is 6.47. The zero-order chi connectivity index (χ0) is 12.7. The molecule has 0 amide bonds. The first-order valence-corrected chi connectivity index (χ1v) is 5.20. The number of carbonyl (C=O) groups is 1. The van der Waals surface area contributed by atoms with Gasteiger partial charge in [-0.15, -0.1) is 6.58 Å². The van der Waals surface area contributed by atoms with Crippen LogP contribution in [0.3, 0.4) is 0 Å². The van der Waals surface area contributed by atoms with Crippen molar-refractivity contribution < 1.29 is 14.6 Å². The van der Waals surface area contributed by atoms with E-state index in [1.165, 1.54) is 11.1 Å². The number of nitrogens with zero attached hydrogens (tertiary/aromatic N) is 3. The molecule has 0 fully saturated rings. The zero-order valence-electron chi connectivity index (χ0n) is 9.67. The minimum Gasteiger partial charge on any atom is -0.480 e. The van der Waals surface area contributed by atoms with Gasteiger partial charge < -0.3 is 14.7 Å². The Hall–Kier alpha value is -2.11. The maximum atomic E-state index is 10.7. The van der Waals surface area contributed by atoms with Gasteiger partial charge in [-0.1, -0.05) is 6.08 Å². The number of hydrogen-bond donors (Lipinski definition) is 1. The monoisotopic (exact) mass is 237 g/mol. The van der Waals surface area contributed by atoms with Gasteiger partial charge in [0.2, 0.25) is 11.8 Å². The highest BCUT2D eigenvalue weighted by molar-refractivity contribution is 5.72. The van der Waals surface area contributed by atoms with E-state index in [-0.39, 0.29) is 6.54 Å². The lowest BCUT2D eigenvalue weighted by Crippen LogP contribution is -2.31. The predicted octanol–water partition coefficient (Wildman–Crippen LogP) is 0.952. The van der Waals surface area contributed by atoms with Gasteiger partial charge in [0.25, 0.3) is 0 Å². The number of aliphatic carboxylic acids is 1. The van der Waals surface area contributed by atoms with Crippen LogP contribution < -0.4 is 9.64 Å². The third-order valence-electron chi connectivity index (χ3n) is 1.87. The minimum absolute atomic E-state index is 0.179. The lowest BCUT2D eigenvalue weighted by atomic mass is 10.4. The van der Waals surface area contributed by atoms with Gasteiger partial charge in [0, 0.05) is 18.8 Å². The highest BCUT2D eigenvalue weighted by Crippen LogP contribution is 2.12. The van der Waals surface area contributed by atoms with E-state index >= 15 is 0 Å². The summed E-state index contributed by atoms with van der Waals surface area (Å²) < 4.78 is 5.23. The SMILES string of the molecule is C=CCN(CC(=O)O)c1nccc(OCC)n1. The molecule has 6 nitrogen and oxygen atoms in total. The highest BCUT2D eigenvalue weighted by Gasteiger charge is 2.12. The Labute approximate surface area is 99.6 Å². The van der Waals surface area contributed by atoms with Crippen LogP contribution >= 0.6 is 0 Å². The van der Waals surface area contributed by atoms with Crippen molar-refractivity contribution >= 4 is 11.9 Å². The summed E-state index contributed by atoms with van der Waals surface area (Å²) in [6.07, 6.45) is 3.13. The van der Waals surface area contributed by atoms with Crippen LogP contribution in [0.25, 0.3) is 0 Å². The second-order valence-corrected chi connectivity index (χ2v) is 3.19. The van der Waals surface area contributed by atoms with Crippen molar-refractivity contribution in [2.45, 2.75) is 6.92 Å². The zero-order valence-corrected chi connectivity index (χ0v) is 9.67. The minimum atomic E-state index is -0.947. The quantitative estimate of drug-likeness (QED) is 0.712. The van der Waals surface area contributed by atoms with E-state index in [2.05, 4.69) is 16.5 Å². The van der Waals surface area contributed by atoms with Crippen molar-refractivity contribution in [3.8, 4) is 5.88 Å². The van der Waals surface area contributed by atoms with Crippen LogP contribution in [0.15, 0.2) is 24.9 Å². The van der Waals surface area contributed by atoms with Crippen molar-refractivity contribution in [3.05, 3.63) is 24.9 Å². The standard InChI is InChI=1S/C11H15N3O3/c1-3-7-14(8-10(15)16)11-12-6-5-9(13-11)17-4-2/h3,5-6H,1,4,7-8H2,2H3,(H,15,16). The highest BCUT2D eigenvalue weighted by atomic mass is 16.5. The Morgan fingerprint density at radius 3 is 3.06 bits per heavy atom. The van der Waals surface area contributed by atoms with Gasteiger partial charge >= 0.3 is 5.97 Å². The van der Waals surface area contributed by atoms with Crippen molar-refractivity contribution in [2.24, 2.45) is 0 Å². The average Bonchev–Trinajstić information content (AvgIpc) is 2.29. The number of aromatic nitrogens is 2. The Morgan fingerprint density at radius 2 is 2.47 bits per heavy atom. The number of carboxylic acid groups (broad SMARTS) is 1. The predicted molar refractivity (Wildman–Crippen MR) is 63.2 cm³/mol. The molecule has 1 heterocycles. The molecule has 0 aromatic carbocycles. The van der Waals surface area contributed by atoms with Gasteiger partial charge in [-0.3, -0.25) is 4.79 Å². The van der Waals surface area contributed by atoms with Gasteiger partial charge in [0.15, 0.2) is 0 Å². The van der Waals surface area contributed by atoms with Gasteiger partial charge in [-0.25, -0.2) is 4.98 Å². The second-order valence-electron chi connectivity index (χ2n) is 3.19. The molecule has 0 atom stereocenters. The van der Waals surface area contributed by atoms with E-state index in [4.69, 9.17) is 9.84 Å². The largest absolute Gasteiger partial charge is 0.480 e. The Bertz CT molecular complexity index is 395. The first-order valence-electron chi connectivity index (χ1n) is 5.20. The number of hydrogen-bond acceptors (Lipinski definition) is 5. The first-order chi connectivity index (χ1) is 8.17. The fraction of sp³-hybridized carbons (Fsp3) is 0.364. The number of anilines is 1. The number of carboxylic acids is 1. The summed E-state index contributed by atoms with van der Waals surface area (Å²) >= 11 is 0. The molecule has 0 aliphatic heterocycles. The van der Waals surface area contributed by atoms with Crippen molar-refractivity contribution in [1.29, 1.82) is 0 Å². The van der Waals surface area contributed by atoms with Gasteiger partial charge in [-0.2, -0.15) is 4.98 Å². The fourth-order valence-electron chi connectivity index (χ4n) is 1.25. The summed E-state index contributed by atoms with van der Waals surface area (Å²) in [6, 6.07) is 1.62. The lowest BCUT2D eigenvalue weighted by molar-refractivity contribution is -0.135. The molecule has 0 spiro atoms. The Balaban J connectivity index is 2.88. The van der Waals surface area contributed by atoms with Crippen LogP contribution in [0, 0.1) is 0 Å². The summed E-state index contributed by atoms with van der Waals surface area (Å²) in [4.78, 5) is 20.3. The van der Waals surface area contributed by atoms with E-state index in [1.807, 2.05) is 6.92 Å². The third kappa shape index (κ3) is 4.10. The number of ether oxygens (including phenoxy) is 1. The molecular formula is C11H15N3O3. The summed E-state index contributed by atoms with van der Waals surface area (Å²) in [5.41, 5.74) is 0.